The van der Waals surface area contributed by atoms with Gasteiger partial charge in [0.15, 0.2) is 5.82 Å². The van der Waals surface area contributed by atoms with Gasteiger partial charge < -0.3 is 10.3 Å². The van der Waals surface area contributed by atoms with Crippen LogP contribution in [0.4, 0.5) is 10.1 Å². The molecule has 3 aliphatic carbocycles. The Labute approximate surface area is 221 Å². The first-order valence-corrected chi connectivity index (χ1v) is 13.8. The summed E-state index contributed by atoms with van der Waals surface area (Å²) < 4.78 is 16.1. The maximum absolute atomic E-state index is 14.2. The molecule has 1 saturated heterocycles. The molecule has 8 rings (SSSR count). The minimum absolute atomic E-state index is 0.321. The molecule has 3 saturated carbocycles. The number of halogens is 1. The SMILES string of the molecule is CC(NCc1cc2ccc(Cn3cnc(-c4cncc(N5CCCO5)c4)n3)cc2[nH]1)C1C[C@H](F)C2CC1C2. The van der Waals surface area contributed by atoms with Crippen LogP contribution in [0.25, 0.3) is 22.3 Å². The monoisotopic (exact) mass is 515 g/mol. The average Bonchev–Trinajstić information content (AvgIpc) is 3.67. The van der Waals surface area contributed by atoms with Crippen LogP contribution in [0.3, 0.4) is 0 Å². The van der Waals surface area contributed by atoms with Crippen LogP contribution in [-0.4, -0.2) is 50.1 Å². The van der Waals surface area contributed by atoms with Crippen molar-refractivity contribution in [3.63, 3.8) is 0 Å². The second kappa shape index (κ2) is 9.78. The van der Waals surface area contributed by atoms with Gasteiger partial charge in [-0.2, -0.15) is 5.10 Å². The summed E-state index contributed by atoms with van der Waals surface area (Å²) in [6, 6.07) is 11.0. The van der Waals surface area contributed by atoms with Gasteiger partial charge in [0, 0.05) is 42.1 Å². The fraction of sp³-hybridized carbons (Fsp3) is 0.483. The molecule has 2 N–H and O–H groups in total. The van der Waals surface area contributed by atoms with E-state index in [4.69, 9.17) is 9.94 Å². The van der Waals surface area contributed by atoms with Gasteiger partial charge in [0.1, 0.15) is 12.5 Å². The number of nitrogens with zero attached hydrogens (tertiary/aromatic N) is 5. The molecule has 4 aromatic rings. The Morgan fingerprint density at radius 3 is 2.92 bits per heavy atom. The number of hydroxylamine groups is 1. The van der Waals surface area contributed by atoms with Crippen LogP contribution in [-0.2, 0) is 17.9 Å². The minimum atomic E-state index is -0.604. The van der Waals surface area contributed by atoms with E-state index < -0.39 is 6.17 Å². The third kappa shape index (κ3) is 4.58. The molecule has 2 bridgehead atoms. The highest BCUT2D eigenvalue weighted by Crippen LogP contribution is 2.51. The maximum atomic E-state index is 14.2. The molecule has 9 heteroatoms. The van der Waals surface area contributed by atoms with Crippen molar-refractivity contribution in [2.45, 2.75) is 57.9 Å². The maximum Gasteiger partial charge on any atom is 0.182 e. The average molecular weight is 516 g/mol. The predicted octanol–water partition coefficient (Wildman–Crippen LogP) is 4.87. The fourth-order valence-corrected chi connectivity index (χ4v) is 6.49. The Balaban J connectivity index is 1.000. The van der Waals surface area contributed by atoms with Crippen molar-refractivity contribution >= 4 is 16.6 Å². The van der Waals surface area contributed by atoms with Crippen molar-refractivity contribution in [2.24, 2.45) is 17.8 Å². The van der Waals surface area contributed by atoms with E-state index in [1.807, 2.05) is 15.8 Å². The zero-order chi connectivity index (χ0) is 25.6. The van der Waals surface area contributed by atoms with E-state index in [0.29, 0.717) is 36.2 Å². The predicted molar refractivity (Wildman–Crippen MR) is 144 cm³/mol. The second-order valence-electron chi connectivity index (χ2n) is 11.3. The van der Waals surface area contributed by atoms with Crippen molar-refractivity contribution in [2.75, 3.05) is 18.2 Å². The molecule has 198 valence electrons. The molecule has 3 aromatic heterocycles. The number of anilines is 1. The largest absolute Gasteiger partial charge is 0.357 e. The molecule has 3 atom stereocenters. The van der Waals surface area contributed by atoms with Gasteiger partial charge in [-0.1, -0.05) is 12.1 Å². The highest BCUT2D eigenvalue weighted by molar-refractivity contribution is 5.81. The summed E-state index contributed by atoms with van der Waals surface area (Å²) in [7, 11) is 0. The van der Waals surface area contributed by atoms with Gasteiger partial charge in [-0.05, 0) is 79.5 Å². The summed E-state index contributed by atoms with van der Waals surface area (Å²) in [5, 5.41) is 11.4. The zero-order valence-corrected chi connectivity index (χ0v) is 21.7. The van der Waals surface area contributed by atoms with Crippen molar-refractivity contribution < 1.29 is 9.23 Å². The topological polar surface area (TPSA) is 83.9 Å². The van der Waals surface area contributed by atoms with Gasteiger partial charge >= 0.3 is 0 Å². The van der Waals surface area contributed by atoms with E-state index in [9.17, 15) is 4.39 Å². The van der Waals surface area contributed by atoms with Crippen molar-refractivity contribution in [3.8, 4) is 11.4 Å². The number of alkyl halides is 1. The van der Waals surface area contributed by atoms with Gasteiger partial charge in [-0.25, -0.2) is 14.1 Å². The van der Waals surface area contributed by atoms with Crippen LogP contribution in [0.5, 0.6) is 0 Å². The van der Waals surface area contributed by atoms with Gasteiger partial charge in [0.25, 0.3) is 0 Å². The number of hydrogen-bond donors (Lipinski definition) is 2. The molecular formula is C29H34FN7O. The van der Waals surface area contributed by atoms with E-state index >= 15 is 0 Å². The molecule has 0 radical (unpaired) electrons. The lowest BCUT2D eigenvalue weighted by Crippen LogP contribution is -2.50. The number of H-pyrrole nitrogens is 1. The Bertz CT molecular complexity index is 1420. The van der Waals surface area contributed by atoms with Crippen molar-refractivity contribution in [1.29, 1.82) is 0 Å². The molecular weight excluding hydrogens is 481 g/mol. The van der Waals surface area contributed by atoms with Crippen LogP contribution in [0.15, 0.2) is 49.1 Å². The zero-order valence-electron chi connectivity index (χ0n) is 21.7. The van der Waals surface area contributed by atoms with E-state index in [1.54, 1.807) is 18.7 Å². The number of benzene rings is 1. The number of aromatic amines is 1. The van der Waals surface area contributed by atoms with E-state index in [-0.39, 0.29) is 0 Å². The van der Waals surface area contributed by atoms with Gasteiger partial charge in [0.2, 0.25) is 0 Å². The summed E-state index contributed by atoms with van der Waals surface area (Å²) in [5.74, 6) is 2.15. The first-order valence-electron chi connectivity index (χ1n) is 13.8. The standard InChI is InChI=1S/C29H34FN7O/c1-18(26-12-27(30)22-8-21(26)9-22)32-14-24-10-20-4-3-19(7-28(20)34-24)16-36-17-33-29(35-36)23-11-25(15-31-13-23)37-5-2-6-38-37/h3-4,7,10-11,13,15,17-18,21-22,26-27,32,34H,2,5-6,8-9,12,14,16H2,1H3/t18?,21?,22?,26?,27-/m0/s1. The van der Waals surface area contributed by atoms with E-state index in [1.165, 1.54) is 5.39 Å². The summed E-state index contributed by atoms with van der Waals surface area (Å²) in [6.07, 6.45) is 8.65. The molecule has 1 aromatic carbocycles. The summed E-state index contributed by atoms with van der Waals surface area (Å²) >= 11 is 0. The normalized spacial score (nSPS) is 25.6. The quantitative estimate of drug-likeness (QED) is 0.348. The minimum Gasteiger partial charge on any atom is -0.357 e. The molecule has 38 heavy (non-hydrogen) atoms. The van der Waals surface area contributed by atoms with Crippen LogP contribution in [0, 0.1) is 17.8 Å². The number of hydrogen-bond acceptors (Lipinski definition) is 6. The van der Waals surface area contributed by atoms with Gasteiger partial charge in [0.05, 0.1) is 25.0 Å². The number of rotatable bonds is 8. The van der Waals surface area contributed by atoms with Gasteiger partial charge in [-0.15, -0.1) is 0 Å². The molecule has 4 heterocycles. The van der Waals surface area contributed by atoms with Crippen molar-refractivity contribution in [1.82, 2.24) is 30.0 Å². The van der Waals surface area contributed by atoms with Crippen LogP contribution < -0.4 is 10.4 Å². The smallest absolute Gasteiger partial charge is 0.182 e. The Kier molecular flexibility index (Phi) is 6.12. The Morgan fingerprint density at radius 2 is 2.08 bits per heavy atom. The number of fused-ring (bicyclic) bond motifs is 3. The third-order valence-electron chi connectivity index (χ3n) is 8.73. The lowest BCUT2D eigenvalue weighted by Gasteiger charge is -2.50. The van der Waals surface area contributed by atoms with Crippen LogP contribution in [0.1, 0.15) is 43.9 Å². The Hall–Kier alpha value is -3.30. The van der Waals surface area contributed by atoms with Crippen molar-refractivity contribution in [3.05, 3.63) is 60.3 Å². The molecule has 1 aliphatic heterocycles. The molecule has 4 fully saturated rings. The van der Waals surface area contributed by atoms with E-state index in [2.05, 4.69) is 51.5 Å². The van der Waals surface area contributed by atoms with E-state index in [0.717, 1.165) is 73.4 Å². The molecule has 8 nitrogen and oxygen atoms in total. The molecule has 0 spiro atoms. The van der Waals surface area contributed by atoms with Gasteiger partial charge in [-0.3, -0.25) is 14.9 Å². The highest BCUT2D eigenvalue weighted by atomic mass is 19.1. The molecule has 4 aliphatic rings. The number of nitrogens with one attached hydrogen (secondary N) is 2. The highest BCUT2D eigenvalue weighted by Gasteiger charge is 2.47. The summed E-state index contributed by atoms with van der Waals surface area (Å²) in [4.78, 5) is 18.1. The Morgan fingerprint density at radius 1 is 1.16 bits per heavy atom. The summed E-state index contributed by atoms with van der Waals surface area (Å²) in [5.41, 5.74) is 5.21. The molecule has 2 unspecified atom stereocenters. The lowest BCUT2D eigenvalue weighted by atomic mass is 9.57. The lowest BCUT2D eigenvalue weighted by molar-refractivity contribution is -0.0354. The van der Waals surface area contributed by atoms with Crippen LogP contribution in [0.2, 0.25) is 0 Å². The fourth-order valence-electron chi connectivity index (χ4n) is 6.49. The summed E-state index contributed by atoms with van der Waals surface area (Å²) in [6.45, 7) is 5.21. The van der Waals surface area contributed by atoms with Crippen LogP contribution >= 0.6 is 0 Å². The first kappa shape index (κ1) is 23.8. The number of pyridine rings is 1. The first-order chi connectivity index (χ1) is 18.6. The third-order valence-corrected chi connectivity index (χ3v) is 8.73. The second-order valence-corrected chi connectivity index (χ2v) is 11.3. The number of aromatic nitrogens is 5. The molecule has 0 amide bonds.